The minimum Gasteiger partial charge on any atom is -0.371 e. The maximum absolute atomic E-state index is 13.6. The standard InChI is InChI=1S/C30H41N3O2/c1-3-26(23-13-7-5-8-14-23)29(34)31-24-19-21-32(22-20-24)28-18-12-11-17-27(28)30(35)33(4-2)25-15-9-6-10-16-25/h5,7-8,11-14,17-18,24-26H,3-4,6,9-10,15-16,19-22H2,1-2H3,(H,31,34)/t26-/m1/s1. The number of nitrogens with one attached hydrogen (secondary N) is 1. The molecule has 2 aromatic carbocycles. The van der Waals surface area contributed by atoms with Crippen molar-refractivity contribution in [2.24, 2.45) is 0 Å². The highest BCUT2D eigenvalue weighted by Gasteiger charge is 2.29. The Kier molecular flexibility index (Phi) is 8.84. The summed E-state index contributed by atoms with van der Waals surface area (Å²) in [5.41, 5.74) is 2.93. The van der Waals surface area contributed by atoms with Crippen LogP contribution in [0.4, 0.5) is 5.69 Å². The molecule has 1 heterocycles. The summed E-state index contributed by atoms with van der Waals surface area (Å²) in [6.45, 7) is 6.61. The first kappa shape index (κ1) is 25.3. The van der Waals surface area contributed by atoms with Crippen molar-refractivity contribution < 1.29 is 9.59 Å². The molecule has 2 fully saturated rings. The third kappa shape index (κ3) is 6.06. The number of carbonyl (C=O) groups is 2. The van der Waals surface area contributed by atoms with Crippen molar-refractivity contribution in [1.29, 1.82) is 0 Å². The van der Waals surface area contributed by atoms with Crippen molar-refractivity contribution in [3.63, 3.8) is 0 Å². The number of hydrogen-bond donors (Lipinski definition) is 1. The number of rotatable bonds is 8. The molecule has 188 valence electrons. The maximum atomic E-state index is 13.6. The SMILES string of the molecule is CC[C@@H](C(=O)NC1CCN(c2ccccc2C(=O)N(CC)C2CCCCC2)CC1)c1ccccc1. The van der Waals surface area contributed by atoms with E-state index in [1.165, 1.54) is 19.3 Å². The molecule has 1 saturated carbocycles. The minimum atomic E-state index is -0.104. The van der Waals surface area contributed by atoms with Gasteiger partial charge in [0.25, 0.3) is 5.91 Å². The molecule has 0 aromatic heterocycles. The zero-order valence-electron chi connectivity index (χ0n) is 21.4. The quantitative estimate of drug-likeness (QED) is 0.528. The Morgan fingerprint density at radius 3 is 2.23 bits per heavy atom. The Morgan fingerprint density at radius 1 is 0.914 bits per heavy atom. The van der Waals surface area contributed by atoms with Crippen LogP contribution in [0, 0.1) is 0 Å². The number of nitrogens with zero attached hydrogens (tertiary/aromatic N) is 2. The van der Waals surface area contributed by atoms with E-state index < -0.39 is 0 Å². The van der Waals surface area contributed by atoms with Crippen LogP contribution in [0.25, 0.3) is 0 Å². The van der Waals surface area contributed by atoms with Crippen LogP contribution in [-0.4, -0.2) is 48.4 Å². The van der Waals surface area contributed by atoms with Gasteiger partial charge in [0, 0.05) is 37.4 Å². The van der Waals surface area contributed by atoms with Crippen LogP contribution in [0.15, 0.2) is 54.6 Å². The number of hydrogen-bond acceptors (Lipinski definition) is 3. The van der Waals surface area contributed by atoms with E-state index in [0.29, 0.717) is 6.04 Å². The van der Waals surface area contributed by atoms with Crippen molar-refractivity contribution in [1.82, 2.24) is 10.2 Å². The fraction of sp³-hybridized carbons (Fsp3) is 0.533. The summed E-state index contributed by atoms with van der Waals surface area (Å²) in [5.74, 6) is 0.185. The molecule has 1 aliphatic carbocycles. The second kappa shape index (κ2) is 12.2. The highest BCUT2D eigenvalue weighted by molar-refractivity contribution is 6.00. The predicted molar refractivity (Wildman–Crippen MR) is 143 cm³/mol. The Bertz CT molecular complexity index is 963. The zero-order valence-corrected chi connectivity index (χ0v) is 21.4. The Balaban J connectivity index is 1.39. The van der Waals surface area contributed by atoms with Gasteiger partial charge in [-0.15, -0.1) is 0 Å². The molecular formula is C30H41N3O2. The lowest BCUT2D eigenvalue weighted by atomic mass is 9.93. The lowest BCUT2D eigenvalue weighted by Crippen LogP contribution is -2.47. The Hall–Kier alpha value is -2.82. The summed E-state index contributed by atoms with van der Waals surface area (Å²) in [7, 11) is 0. The fourth-order valence-electron chi connectivity index (χ4n) is 5.87. The molecule has 5 heteroatoms. The number of benzene rings is 2. The third-order valence-electron chi connectivity index (χ3n) is 7.86. The maximum Gasteiger partial charge on any atom is 0.256 e. The van der Waals surface area contributed by atoms with E-state index in [0.717, 1.165) is 68.6 Å². The highest BCUT2D eigenvalue weighted by atomic mass is 16.2. The van der Waals surface area contributed by atoms with Crippen molar-refractivity contribution in [3.8, 4) is 0 Å². The molecule has 0 unspecified atom stereocenters. The second-order valence-electron chi connectivity index (χ2n) is 10.0. The molecule has 2 amide bonds. The summed E-state index contributed by atoms with van der Waals surface area (Å²) >= 11 is 0. The van der Waals surface area contributed by atoms with Gasteiger partial charge in [-0.3, -0.25) is 9.59 Å². The lowest BCUT2D eigenvalue weighted by molar-refractivity contribution is -0.123. The molecule has 4 rings (SSSR count). The molecule has 5 nitrogen and oxygen atoms in total. The average molecular weight is 476 g/mol. The molecule has 1 aliphatic heterocycles. The number of anilines is 1. The molecule has 1 saturated heterocycles. The van der Waals surface area contributed by atoms with Gasteiger partial charge in [-0.1, -0.05) is 68.7 Å². The van der Waals surface area contributed by atoms with Crippen LogP contribution in [0.2, 0.25) is 0 Å². The van der Waals surface area contributed by atoms with Crippen molar-refractivity contribution in [2.45, 2.75) is 83.2 Å². The summed E-state index contributed by atoms with van der Waals surface area (Å²) < 4.78 is 0. The molecule has 0 spiro atoms. The smallest absolute Gasteiger partial charge is 0.256 e. The Morgan fingerprint density at radius 2 is 1.57 bits per heavy atom. The van der Waals surface area contributed by atoms with E-state index in [2.05, 4.69) is 35.0 Å². The largest absolute Gasteiger partial charge is 0.371 e. The van der Waals surface area contributed by atoms with Gasteiger partial charge in [0.2, 0.25) is 5.91 Å². The van der Waals surface area contributed by atoms with Crippen LogP contribution in [0.5, 0.6) is 0 Å². The van der Waals surface area contributed by atoms with E-state index in [4.69, 9.17) is 0 Å². The van der Waals surface area contributed by atoms with Crippen LogP contribution in [0.3, 0.4) is 0 Å². The van der Waals surface area contributed by atoms with E-state index in [-0.39, 0.29) is 23.8 Å². The van der Waals surface area contributed by atoms with Gasteiger partial charge in [-0.25, -0.2) is 0 Å². The first-order chi connectivity index (χ1) is 17.1. The van der Waals surface area contributed by atoms with E-state index >= 15 is 0 Å². The first-order valence-electron chi connectivity index (χ1n) is 13.6. The van der Waals surface area contributed by atoms with Crippen molar-refractivity contribution in [3.05, 3.63) is 65.7 Å². The average Bonchev–Trinajstić information content (AvgIpc) is 2.91. The predicted octanol–water partition coefficient (Wildman–Crippen LogP) is 5.76. The first-order valence-corrected chi connectivity index (χ1v) is 13.6. The fourth-order valence-corrected chi connectivity index (χ4v) is 5.87. The third-order valence-corrected chi connectivity index (χ3v) is 7.86. The van der Waals surface area contributed by atoms with Gasteiger partial charge >= 0.3 is 0 Å². The van der Waals surface area contributed by atoms with E-state index in [9.17, 15) is 9.59 Å². The summed E-state index contributed by atoms with van der Waals surface area (Å²) in [4.78, 5) is 31.1. The zero-order chi connectivity index (χ0) is 24.6. The number of carbonyl (C=O) groups excluding carboxylic acids is 2. The molecular weight excluding hydrogens is 434 g/mol. The molecule has 0 radical (unpaired) electrons. The molecule has 35 heavy (non-hydrogen) atoms. The second-order valence-corrected chi connectivity index (χ2v) is 10.0. The molecule has 2 aliphatic rings. The minimum absolute atomic E-state index is 0.104. The summed E-state index contributed by atoms with van der Waals surface area (Å²) in [5, 5.41) is 3.31. The number of piperidine rings is 1. The van der Waals surface area contributed by atoms with Gasteiger partial charge in [0.15, 0.2) is 0 Å². The summed E-state index contributed by atoms with van der Waals surface area (Å²) in [6.07, 6.45) is 8.53. The highest BCUT2D eigenvalue weighted by Crippen LogP contribution is 2.29. The number of amides is 2. The topological polar surface area (TPSA) is 52.7 Å². The molecule has 1 atom stereocenters. The van der Waals surface area contributed by atoms with E-state index in [1.807, 2.05) is 48.5 Å². The van der Waals surface area contributed by atoms with Gasteiger partial charge in [-0.05, 0) is 56.7 Å². The van der Waals surface area contributed by atoms with Gasteiger partial charge in [0.1, 0.15) is 0 Å². The van der Waals surface area contributed by atoms with Gasteiger partial charge < -0.3 is 15.1 Å². The molecule has 0 bridgehead atoms. The molecule has 2 aromatic rings. The van der Waals surface area contributed by atoms with Crippen molar-refractivity contribution >= 4 is 17.5 Å². The van der Waals surface area contributed by atoms with Crippen LogP contribution in [0.1, 0.15) is 87.1 Å². The monoisotopic (exact) mass is 475 g/mol. The van der Waals surface area contributed by atoms with Crippen LogP contribution in [-0.2, 0) is 4.79 Å². The molecule has 1 N–H and O–H groups in total. The normalized spacial score (nSPS) is 18.2. The van der Waals surface area contributed by atoms with Crippen LogP contribution >= 0.6 is 0 Å². The van der Waals surface area contributed by atoms with Crippen LogP contribution < -0.4 is 10.2 Å². The van der Waals surface area contributed by atoms with Crippen molar-refractivity contribution in [2.75, 3.05) is 24.5 Å². The lowest BCUT2D eigenvalue weighted by Gasteiger charge is -2.37. The van der Waals surface area contributed by atoms with Gasteiger partial charge in [0.05, 0.1) is 11.5 Å². The Labute approximate surface area is 210 Å². The summed E-state index contributed by atoms with van der Waals surface area (Å²) in [6, 6.07) is 18.7. The van der Waals surface area contributed by atoms with Gasteiger partial charge in [-0.2, -0.15) is 0 Å². The number of para-hydroxylation sites is 1. The van der Waals surface area contributed by atoms with E-state index in [1.54, 1.807) is 0 Å².